The predicted octanol–water partition coefficient (Wildman–Crippen LogP) is 1.84. The molecule has 0 aromatic carbocycles. The van der Waals surface area contributed by atoms with Crippen LogP contribution in [0.2, 0.25) is 0 Å². The Morgan fingerprint density at radius 1 is 1.43 bits per heavy atom. The molecular weight excluding hydrogens is 306 g/mol. The molecule has 0 fully saturated rings. The van der Waals surface area contributed by atoms with Crippen molar-refractivity contribution >= 4 is 27.1 Å². The van der Waals surface area contributed by atoms with Gasteiger partial charge in [-0.05, 0) is 35.7 Å². The summed E-state index contributed by atoms with van der Waals surface area (Å²) in [6.45, 7) is 6.25. The van der Waals surface area contributed by atoms with Crippen LogP contribution >= 0.6 is 11.3 Å². The van der Waals surface area contributed by atoms with Crippen molar-refractivity contribution in [3.8, 4) is 0 Å². The highest BCUT2D eigenvalue weighted by atomic mass is 32.2. The molecule has 0 bridgehead atoms. The molecule has 1 unspecified atom stereocenters. The average molecular weight is 332 g/mol. The Bertz CT molecular complexity index is 524. The fourth-order valence-corrected chi connectivity index (χ4v) is 3.22. The normalized spacial score (nSPS) is 14.0. The van der Waals surface area contributed by atoms with Crippen LogP contribution in [-0.4, -0.2) is 46.0 Å². The Morgan fingerprint density at radius 2 is 2.19 bits per heavy atom. The number of guanidine groups is 1. The van der Waals surface area contributed by atoms with Gasteiger partial charge in [-0.3, -0.25) is 4.99 Å². The first-order chi connectivity index (χ1) is 9.92. The van der Waals surface area contributed by atoms with Gasteiger partial charge >= 0.3 is 0 Å². The molecule has 21 heavy (non-hydrogen) atoms. The molecule has 1 heterocycles. The highest BCUT2D eigenvalue weighted by Crippen LogP contribution is 2.18. The van der Waals surface area contributed by atoms with Gasteiger partial charge in [0.15, 0.2) is 5.96 Å². The number of nitrogens with zero attached hydrogens (tertiary/aromatic N) is 1. The van der Waals surface area contributed by atoms with Crippen LogP contribution < -0.4 is 10.6 Å². The number of hydrogen-bond donors (Lipinski definition) is 2. The lowest BCUT2D eigenvalue weighted by Gasteiger charge is -2.13. The summed E-state index contributed by atoms with van der Waals surface area (Å²) in [6, 6.07) is 2.12. The SMILES string of the molecule is CCNC(=NCC(C)c1ccsc1)NCCCS(C)(=O)=O. The first kappa shape index (κ1) is 18.0. The summed E-state index contributed by atoms with van der Waals surface area (Å²) in [5.74, 6) is 1.32. The molecule has 5 nitrogen and oxygen atoms in total. The van der Waals surface area contributed by atoms with Gasteiger partial charge in [0.05, 0.1) is 5.75 Å². The van der Waals surface area contributed by atoms with Crippen molar-refractivity contribution in [1.29, 1.82) is 0 Å². The molecule has 0 aliphatic rings. The first-order valence-electron chi connectivity index (χ1n) is 7.14. The van der Waals surface area contributed by atoms with E-state index in [0.29, 0.717) is 25.4 Å². The van der Waals surface area contributed by atoms with Gasteiger partial charge in [-0.25, -0.2) is 8.42 Å². The maximum absolute atomic E-state index is 11.1. The molecule has 120 valence electrons. The summed E-state index contributed by atoms with van der Waals surface area (Å²) in [5, 5.41) is 10.6. The molecule has 0 aliphatic carbocycles. The fraction of sp³-hybridized carbons (Fsp3) is 0.643. The topological polar surface area (TPSA) is 70.6 Å². The number of hydrogen-bond acceptors (Lipinski definition) is 4. The summed E-state index contributed by atoms with van der Waals surface area (Å²) < 4.78 is 22.2. The quantitative estimate of drug-likeness (QED) is 0.433. The molecule has 0 spiro atoms. The highest BCUT2D eigenvalue weighted by molar-refractivity contribution is 7.90. The number of rotatable bonds is 8. The number of aliphatic imine (C=N–C) groups is 1. The van der Waals surface area contributed by atoms with Crippen LogP contribution in [0.5, 0.6) is 0 Å². The standard InChI is InChI=1S/C14H25N3O2S2/c1-4-15-14(16-7-5-9-21(3,18)19)17-10-12(2)13-6-8-20-11-13/h6,8,11-12H,4-5,7,9-10H2,1-3H3,(H2,15,16,17). The predicted molar refractivity (Wildman–Crippen MR) is 91.0 cm³/mol. The van der Waals surface area contributed by atoms with Crippen molar-refractivity contribution in [2.75, 3.05) is 31.6 Å². The van der Waals surface area contributed by atoms with Crippen LogP contribution in [-0.2, 0) is 9.84 Å². The number of nitrogens with one attached hydrogen (secondary N) is 2. The van der Waals surface area contributed by atoms with E-state index in [-0.39, 0.29) is 5.75 Å². The van der Waals surface area contributed by atoms with E-state index in [1.807, 2.05) is 6.92 Å². The molecule has 0 saturated heterocycles. The largest absolute Gasteiger partial charge is 0.357 e. The van der Waals surface area contributed by atoms with E-state index in [4.69, 9.17) is 0 Å². The molecule has 0 amide bonds. The van der Waals surface area contributed by atoms with Gasteiger partial charge in [0.1, 0.15) is 9.84 Å². The van der Waals surface area contributed by atoms with E-state index in [0.717, 1.165) is 12.5 Å². The second kappa shape index (κ2) is 9.04. The molecule has 0 saturated carbocycles. The minimum atomic E-state index is -2.89. The Hall–Kier alpha value is -1.08. The zero-order valence-electron chi connectivity index (χ0n) is 12.9. The van der Waals surface area contributed by atoms with Gasteiger partial charge in [0, 0.05) is 31.8 Å². The third kappa shape index (κ3) is 8.06. The minimum absolute atomic E-state index is 0.199. The highest BCUT2D eigenvalue weighted by Gasteiger charge is 2.06. The van der Waals surface area contributed by atoms with E-state index in [1.165, 1.54) is 11.8 Å². The lowest BCUT2D eigenvalue weighted by atomic mass is 10.1. The van der Waals surface area contributed by atoms with Gasteiger partial charge in [-0.1, -0.05) is 6.92 Å². The first-order valence-corrected chi connectivity index (χ1v) is 10.1. The smallest absolute Gasteiger partial charge is 0.191 e. The van der Waals surface area contributed by atoms with E-state index in [2.05, 4.69) is 39.4 Å². The van der Waals surface area contributed by atoms with Crippen LogP contribution in [0.4, 0.5) is 0 Å². The summed E-state index contributed by atoms with van der Waals surface area (Å²) in [6.07, 6.45) is 1.85. The third-order valence-electron chi connectivity index (χ3n) is 2.96. The maximum Gasteiger partial charge on any atom is 0.191 e. The Kier molecular flexibility index (Phi) is 7.74. The van der Waals surface area contributed by atoms with Crippen molar-refractivity contribution in [3.05, 3.63) is 22.4 Å². The van der Waals surface area contributed by atoms with E-state index in [9.17, 15) is 8.42 Å². The molecule has 0 aliphatic heterocycles. The van der Waals surface area contributed by atoms with Crippen molar-refractivity contribution < 1.29 is 8.42 Å². The van der Waals surface area contributed by atoms with Crippen molar-refractivity contribution in [3.63, 3.8) is 0 Å². The van der Waals surface area contributed by atoms with Crippen molar-refractivity contribution in [2.24, 2.45) is 4.99 Å². The zero-order valence-corrected chi connectivity index (χ0v) is 14.6. The van der Waals surface area contributed by atoms with Crippen LogP contribution in [0.1, 0.15) is 31.7 Å². The van der Waals surface area contributed by atoms with Gasteiger partial charge in [0.25, 0.3) is 0 Å². The molecule has 1 aromatic rings. The molecule has 7 heteroatoms. The van der Waals surface area contributed by atoms with Crippen LogP contribution in [0, 0.1) is 0 Å². The van der Waals surface area contributed by atoms with E-state index in [1.54, 1.807) is 11.3 Å². The van der Waals surface area contributed by atoms with Crippen molar-refractivity contribution in [2.45, 2.75) is 26.2 Å². The monoisotopic (exact) mass is 331 g/mol. The Balaban J connectivity index is 2.42. The van der Waals surface area contributed by atoms with Crippen LogP contribution in [0.3, 0.4) is 0 Å². The average Bonchev–Trinajstić information content (AvgIpc) is 2.93. The Labute approximate surface area is 131 Å². The summed E-state index contributed by atoms with van der Waals surface area (Å²) in [4.78, 5) is 4.55. The minimum Gasteiger partial charge on any atom is -0.357 e. The zero-order chi connectivity index (χ0) is 15.7. The van der Waals surface area contributed by atoms with Gasteiger partial charge in [-0.2, -0.15) is 11.3 Å². The Morgan fingerprint density at radius 3 is 2.76 bits per heavy atom. The van der Waals surface area contributed by atoms with E-state index < -0.39 is 9.84 Å². The molecule has 1 rings (SSSR count). The third-order valence-corrected chi connectivity index (χ3v) is 4.70. The molecule has 1 atom stereocenters. The second-order valence-electron chi connectivity index (χ2n) is 5.09. The number of thiophene rings is 1. The van der Waals surface area contributed by atoms with Gasteiger partial charge < -0.3 is 10.6 Å². The molecule has 1 aromatic heterocycles. The molecule has 0 radical (unpaired) electrons. The maximum atomic E-state index is 11.1. The van der Waals surface area contributed by atoms with Gasteiger partial charge in [0.2, 0.25) is 0 Å². The number of sulfone groups is 1. The van der Waals surface area contributed by atoms with E-state index >= 15 is 0 Å². The second-order valence-corrected chi connectivity index (χ2v) is 8.13. The fourth-order valence-electron chi connectivity index (χ4n) is 1.77. The lowest BCUT2D eigenvalue weighted by Crippen LogP contribution is -2.38. The lowest BCUT2D eigenvalue weighted by molar-refractivity contribution is 0.598. The molecular formula is C14H25N3O2S2. The summed E-state index contributed by atoms with van der Waals surface area (Å²) >= 11 is 1.69. The van der Waals surface area contributed by atoms with Crippen LogP contribution in [0.15, 0.2) is 21.8 Å². The van der Waals surface area contributed by atoms with Crippen molar-refractivity contribution in [1.82, 2.24) is 10.6 Å². The summed E-state index contributed by atoms with van der Waals surface area (Å²) in [5.41, 5.74) is 1.30. The van der Waals surface area contributed by atoms with Crippen LogP contribution in [0.25, 0.3) is 0 Å². The molecule has 2 N–H and O–H groups in total. The van der Waals surface area contributed by atoms with Gasteiger partial charge in [-0.15, -0.1) is 0 Å². The summed E-state index contributed by atoms with van der Waals surface area (Å²) in [7, 11) is -2.89.